The summed E-state index contributed by atoms with van der Waals surface area (Å²) in [6.07, 6.45) is 3.58. The number of hydrogen-bond acceptors (Lipinski definition) is 4. The third-order valence-electron chi connectivity index (χ3n) is 5.87. The number of rotatable bonds is 6. The van der Waals surface area contributed by atoms with E-state index in [9.17, 15) is 27.6 Å². The molecular weight excluding hydrogens is 536 g/mol. The van der Waals surface area contributed by atoms with Crippen LogP contribution in [0.1, 0.15) is 29.6 Å². The van der Waals surface area contributed by atoms with Crippen molar-refractivity contribution in [3.05, 3.63) is 58.2 Å². The molecule has 3 aromatic rings. The summed E-state index contributed by atoms with van der Waals surface area (Å²) in [6, 6.07) is 8.18. The van der Waals surface area contributed by atoms with Gasteiger partial charge in [0.2, 0.25) is 0 Å². The van der Waals surface area contributed by atoms with Gasteiger partial charge < -0.3 is 19.3 Å². The molecule has 1 fully saturated rings. The molecule has 0 unspecified atom stereocenters. The van der Waals surface area contributed by atoms with Crippen LogP contribution in [0.5, 0.6) is 0 Å². The van der Waals surface area contributed by atoms with Crippen molar-refractivity contribution in [2.45, 2.75) is 24.2 Å². The number of amides is 1. The molecule has 0 bridgehead atoms. The number of fused-ring (bicyclic) bond motifs is 1. The van der Waals surface area contributed by atoms with Gasteiger partial charge in [-0.25, -0.2) is 8.42 Å². The van der Waals surface area contributed by atoms with Crippen LogP contribution in [0.15, 0.2) is 47.5 Å². The van der Waals surface area contributed by atoms with Gasteiger partial charge in [-0.1, -0.05) is 23.2 Å². The molecule has 0 saturated carbocycles. The molecular formula is C22H24Cl2N3O6PS. The highest BCUT2D eigenvalue weighted by atomic mass is 35.5. The van der Waals surface area contributed by atoms with Crippen LogP contribution in [0.3, 0.4) is 0 Å². The Morgan fingerprint density at radius 2 is 1.69 bits per heavy atom. The van der Waals surface area contributed by atoms with E-state index in [1.807, 2.05) is 0 Å². The zero-order valence-corrected chi connectivity index (χ0v) is 22.0. The van der Waals surface area contributed by atoms with E-state index in [2.05, 4.69) is 0 Å². The molecule has 2 heterocycles. The van der Waals surface area contributed by atoms with E-state index in [4.69, 9.17) is 23.2 Å². The molecule has 0 aliphatic carbocycles. The van der Waals surface area contributed by atoms with Gasteiger partial charge in [-0.15, -0.1) is 0 Å². The highest BCUT2D eigenvalue weighted by Crippen LogP contribution is 2.41. The van der Waals surface area contributed by atoms with Gasteiger partial charge >= 0.3 is 7.60 Å². The summed E-state index contributed by atoms with van der Waals surface area (Å²) in [7, 11) is -7.55. The molecule has 0 spiro atoms. The molecule has 188 valence electrons. The fraction of sp³-hybridized carbons (Fsp3) is 0.318. The Morgan fingerprint density at radius 1 is 1.06 bits per heavy atom. The molecule has 0 atom stereocenters. The number of piperidine rings is 1. The van der Waals surface area contributed by atoms with Crippen molar-refractivity contribution >= 4 is 63.3 Å². The summed E-state index contributed by atoms with van der Waals surface area (Å²) in [6.45, 7) is 1.37. The SMILES string of the molecule is Cn1cc(C(=O)N2CCCCC2)c2ccc(N(CP(=O)(O)O)S(=O)(=O)c3cc(Cl)cc(Cl)c3)cc21. The van der Waals surface area contributed by atoms with Crippen LogP contribution in [-0.4, -0.2) is 53.0 Å². The number of anilines is 1. The zero-order valence-electron chi connectivity index (χ0n) is 18.8. The van der Waals surface area contributed by atoms with Crippen molar-refractivity contribution in [3.63, 3.8) is 0 Å². The Labute approximate surface area is 213 Å². The summed E-state index contributed by atoms with van der Waals surface area (Å²) >= 11 is 12.0. The van der Waals surface area contributed by atoms with Gasteiger partial charge in [0, 0.05) is 41.8 Å². The zero-order chi connectivity index (χ0) is 25.5. The molecule has 4 rings (SSSR count). The topological polar surface area (TPSA) is 120 Å². The minimum Gasteiger partial charge on any atom is -0.350 e. The first-order chi connectivity index (χ1) is 16.4. The lowest BCUT2D eigenvalue weighted by Gasteiger charge is -2.26. The molecule has 0 radical (unpaired) electrons. The number of likely N-dealkylation sites (tertiary alicyclic amines) is 1. The van der Waals surface area contributed by atoms with Gasteiger partial charge in [0.25, 0.3) is 15.9 Å². The molecule has 2 N–H and O–H groups in total. The first-order valence-electron chi connectivity index (χ1n) is 10.8. The lowest BCUT2D eigenvalue weighted by Crippen LogP contribution is -2.35. The van der Waals surface area contributed by atoms with Crippen LogP contribution >= 0.6 is 30.8 Å². The molecule has 1 aliphatic heterocycles. The van der Waals surface area contributed by atoms with Crippen LogP contribution in [0.4, 0.5) is 5.69 Å². The number of nitrogens with zero attached hydrogens (tertiary/aromatic N) is 3. The normalized spacial score (nSPS) is 14.9. The molecule has 1 saturated heterocycles. The number of aromatic nitrogens is 1. The molecule has 9 nitrogen and oxygen atoms in total. The minimum atomic E-state index is -4.82. The van der Waals surface area contributed by atoms with Gasteiger partial charge in [0.15, 0.2) is 0 Å². The highest BCUT2D eigenvalue weighted by molar-refractivity contribution is 7.93. The quantitative estimate of drug-likeness (QED) is 0.431. The number of carbonyl (C=O) groups excluding carboxylic acids is 1. The first kappa shape index (κ1) is 26.0. The monoisotopic (exact) mass is 559 g/mol. The van der Waals surface area contributed by atoms with Crippen molar-refractivity contribution in [2.75, 3.05) is 23.7 Å². The van der Waals surface area contributed by atoms with Crippen LogP contribution in [-0.2, 0) is 21.6 Å². The number of sulfonamides is 1. The standard InChI is InChI=1S/C22H24Cl2N3O6PS/c1-25-13-20(22(28)26-7-3-2-4-8-26)19-6-5-17(12-21(19)25)27(14-34(29,30)31)35(32,33)18-10-15(23)9-16(24)11-18/h5-6,9-13H,2-4,7-8,14H2,1H3,(H2,29,30,31). The second-order valence-corrected chi connectivity index (χ2v) is 12.8. The van der Waals surface area contributed by atoms with Gasteiger partial charge in [-0.2, -0.15) is 0 Å². The summed E-state index contributed by atoms with van der Waals surface area (Å²) in [5, 5.41) is 0.739. The second-order valence-electron chi connectivity index (χ2n) is 8.47. The summed E-state index contributed by atoms with van der Waals surface area (Å²) < 4.78 is 41.1. The van der Waals surface area contributed by atoms with Crippen LogP contribution in [0.2, 0.25) is 10.0 Å². The van der Waals surface area contributed by atoms with Crippen LogP contribution < -0.4 is 4.31 Å². The number of benzene rings is 2. The first-order valence-corrected chi connectivity index (χ1v) is 14.8. The van der Waals surface area contributed by atoms with E-state index >= 15 is 0 Å². The van der Waals surface area contributed by atoms with E-state index in [0.29, 0.717) is 33.9 Å². The largest absolute Gasteiger partial charge is 0.350 e. The summed E-state index contributed by atoms with van der Waals surface area (Å²) in [5.41, 5.74) is 1.05. The maximum absolute atomic E-state index is 13.5. The Hall–Kier alpha value is -2.07. The maximum Gasteiger partial charge on any atom is 0.345 e. The fourth-order valence-corrected chi connectivity index (χ4v) is 7.64. The van der Waals surface area contributed by atoms with Crippen LogP contribution in [0, 0.1) is 0 Å². The maximum atomic E-state index is 13.5. The van der Waals surface area contributed by atoms with Crippen molar-refractivity contribution in [1.82, 2.24) is 9.47 Å². The van der Waals surface area contributed by atoms with Crippen molar-refractivity contribution in [3.8, 4) is 0 Å². The third kappa shape index (κ3) is 5.53. The predicted molar refractivity (Wildman–Crippen MR) is 136 cm³/mol. The lowest BCUT2D eigenvalue weighted by atomic mass is 10.1. The Morgan fingerprint density at radius 3 is 2.29 bits per heavy atom. The summed E-state index contributed by atoms with van der Waals surface area (Å²) in [4.78, 5) is 33.9. The number of hydrogen-bond donors (Lipinski definition) is 2. The van der Waals surface area contributed by atoms with Crippen LogP contribution in [0.25, 0.3) is 10.9 Å². The van der Waals surface area contributed by atoms with Gasteiger partial charge in [0.05, 0.1) is 21.7 Å². The van der Waals surface area contributed by atoms with Crippen molar-refractivity contribution in [2.24, 2.45) is 7.05 Å². The molecule has 1 amide bonds. The predicted octanol–water partition coefficient (Wildman–Crippen LogP) is 4.44. The van der Waals surface area contributed by atoms with Gasteiger partial charge in [-0.05, 0) is 55.7 Å². The Bertz CT molecular complexity index is 1430. The summed E-state index contributed by atoms with van der Waals surface area (Å²) in [5.74, 6) is -0.101. The molecule has 2 aromatic carbocycles. The van der Waals surface area contributed by atoms with E-state index in [-0.39, 0.29) is 26.5 Å². The number of halogens is 2. The Kier molecular flexibility index (Phi) is 7.26. The second kappa shape index (κ2) is 9.76. The average Bonchev–Trinajstić information content (AvgIpc) is 3.12. The lowest BCUT2D eigenvalue weighted by molar-refractivity contribution is 0.0726. The molecule has 35 heavy (non-hydrogen) atoms. The third-order valence-corrected chi connectivity index (χ3v) is 8.90. The van der Waals surface area contributed by atoms with E-state index in [1.165, 1.54) is 18.2 Å². The van der Waals surface area contributed by atoms with E-state index < -0.39 is 23.9 Å². The Balaban J connectivity index is 1.81. The molecule has 1 aliphatic rings. The van der Waals surface area contributed by atoms with Crippen molar-refractivity contribution < 1.29 is 27.6 Å². The van der Waals surface area contributed by atoms with E-state index in [1.54, 1.807) is 28.8 Å². The van der Waals surface area contributed by atoms with E-state index in [0.717, 1.165) is 31.4 Å². The minimum absolute atomic E-state index is 0.0232. The average molecular weight is 560 g/mol. The van der Waals surface area contributed by atoms with Gasteiger partial charge in [0.1, 0.15) is 6.29 Å². The number of carbonyl (C=O) groups is 1. The molecule has 1 aromatic heterocycles. The fourth-order valence-electron chi connectivity index (χ4n) is 4.23. The smallest absolute Gasteiger partial charge is 0.345 e. The highest BCUT2D eigenvalue weighted by Gasteiger charge is 2.32. The van der Waals surface area contributed by atoms with Gasteiger partial charge in [-0.3, -0.25) is 13.7 Å². The number of aryl methyl sites for hydroxylation is 1. The molecule has 13 heteroatoms. The van der Waals surface area contributed by atoms with Crippen molar-refractivity contribution in [1.29, 1.82) is 0 Å².